The van der Waals surface area contributed by atoms with Gasteiger partial charge in [-0.25, -0.2) is 0 Å². The Balaban J connectivity index is 2.31. The lowest BCUT2D eigenvalue weighted by atomic mass is 10.2. The number of hydrogen-bond acceptors (Lipinski definition) is 4. The molecule has 1 aromatic carbocycles. The summed E-state index contributed by atoms with van der Waals surface area (Å²) in [6.45, 7) is 2.34. The fraction of sp³-hybridized carbons (Fsp3) is 0.400. The maximum Gasteiger partial charge on any atom is 0.268 e. The average molecular weight is 292 g/mol. The Morgan fingerprint density at radius 2 is 2.00 bits per heavy atom. The average Bonchev–Trinajstić information content (AvgIpc) is 2.90. The van der Waals surface area contributed by atoms with Crippen molar-refractivity contribution in [2.45, 2.75) is 13.0 Å². The molecule has 0 bridgehead atoms. The van der Waals surface area contributed by atoms with Crippen LogP contribution < -0.4 is 14.8 Å². The van der Waals surface area contributed by atoms with Gasteiger partial charge in [-0.2, -0.15) is 0 Å². The number of amides is 1. The monoisotopic (exact) mass is 292 g/mol. The molecule has 1 aromatic heterocycles. The summed E-state index contributed by atoms with van der Waals surface area (Å²) in [7, 11) is 4.77. The molecular formula is C15H20N2O4. The van der Waals surface area contributed by atoms with Crippen molar-refractivity contribution >= 4 is 16.8 Å². The standard InChI is InChI=1S/C15H20N2O4/c1-9(8-19-2)16-15(18)12-6-10-5-11(20-3)7-13(21-4)14(10)17-12/h5-7,9,17H,8H2,1-4H3,(H,16,18). The van der Waals surface area contributed by atoms with Gasteiger partial charge in [-0.05, 0) is 19.1 Å². The molecule has 0 radical (unpaired) electrons. The molecule has 0 saturated heterocycles. The first kappa shape index (κ1) is 15.2. The molecule has 0 fully saturated rings. The molecule has 114 valence electrons. The van der Waals surface area contributed by atoms with E-state index in [1.165, 1.54) is 0 Å². The molecule has 0 spiro atoms. The summed E-state index contributed by atoms with van der Waals surface area (Å²) in [5.41, 5.74) is 1.24. The molecule has 1 amide bonds. The van der Waals surface area contributed by atoms with Gasteiger partial charge in [0.1, 0.15) is 17.2 Å². The van der Waals surface area contributed by atoms with Crippen LogP contribution in [0.4, 0.5) is 0 Å². The van der Waals surface area contributed by atoms with Crippen molar-refractivity contribution in [1.29, 1.82) is 0 Å². The first-order chi connectivity index (χ1) is 10.1. The van der Waals surface area contributed by atoms with Gasteiger partial charge in [0.25, 0.3) is 5.91 Å². The summed E-state index contributed by atoms with van der Waals surface area (Å²) in [6, 6.07) is 5.33. The number of methoxy groups -OCH3 is 3. The van der Waals surface area contributed by atoms with Gasteiger partial charge in [-0.1, -0.05) is 0 Å². The van der Waals surface area contributed by atoms with Crippen LogP contribution in [0.5, 0.6) is 11.5 Å². The minimum atomic E-state index is -0.184. The summed E-state index contributed by atoms with van der Waals surface area (Å²) < 4.78 is 15.5. The van der Waals surface area contributed by atoms with E-state index in [9.17, 15) is 4.79 Å². The molecule has 2 aromatic rings. The Labute approximate surface area is 123 Å². The van der Waals surface area contributed by atoms with Gasteiger partial charge in [-0.15, -0.1) is 0 Å². The van der Waals surface area contributed by atoms with E-state index >= 15 is 0 Å². The first-order valence-corrected chi connectivity index (χ1v) is 6.63. The van der Waals surface area contributed by atoms with Crippen LogP contribution in [-0.2, 0) is 4.74 Å². The highest BCUT2D eigenvalue weighted by atomic mass is 16.5. The molecule has 6 heteroatoms. The van der Waals surface area contributed by atoms with E-state index in [1.54, 1.807) is 33.5 Å². The number of fused-ring (bicyclic) bond motifs is 1. The van der Waals surface area contributed by atoms with Crippen molar-refractivity contribution in [2.24, 2.45) is 0 Å². The summed E-state index contributed by atoms with van der Waals surface area (Å²) in [6.07, 6.45) is 0. The molecule has 21 heavy (non-hydrogen) atoms. The third kappa shape index (κ3) is 3.28. The van der Waals surface area contributed by atoms with Crippen molar-refractivity contribution in [3.8, 4) is 11.5 Å². The number of carbonyl (C=O) groups is 1. The fourth-order valence-electron chi connectivity index (χ4n) is 2.18. The van der Waals surface area contributed by atoms with Crippen molar-refractivity contribution in [3.05, 3.63) is 23.9 Å². The smallest absolute Gasteiger partial charge is 0.268 e. The van der Waals surface area contributed by atoms with E-state index in [0.29, 0.717) is 23.8 Å². The van der Waals surface area contributed by atoms with Gasteiger partial charge in [0.2, 0.25) is 0 Å². The van der Waals surface area contributed by atoms with Gasteiger partial charge in [0.05, 0.1) is 26.3 Å². The first-order valence-electron chi connectivity index (χ1n) is 6.63. The Bertz CT molecular complexity index is 636. The maximum absolute atomic E-state index is 12.2. The van der Waals surface area contributed by atoms with E-state index in [2.05, 4.69) is 10.3 Å². The van der Waals surface area contributed by atoms with E-state index in [0.717, 1.165) is 10.9 Å². The highest BCUT2D eigenvalue weighted by Gasteiger charge is 2.15. The second-order valence-corrected chi connectivity index (χ2v) is 4.81. The third-order valence-electron chi connectivity index (χ3n) is 3.16. The molecule has 0 aliphatic rings. The number of ether oxygens (including phenoxy) is 3. The molecule has 2 N–H and O–H groups in total. The van der Waals surface area contributed by atoms with Crippen LogP contribution in [0.2, 0.25) is 0 Å². The number of carbonyl (C=O) groups excluding carboxylic acids is 1. The quantitative estimate of drug-likeness (QED) is 0.853. The topological polar surface area (TPSA) is 72.6 Å². The third-order valence-corrected chi connectivity index (χ3v) is 3.16. The second kappa shape index (κ2) is 6.49. The summed E-state index contributed by atoms with van der Waals surface area (Å²) in [4.78, 5) is 15.3. The van der Waals surface area contributed by atoms with Crippen LogP contribution in [0, 0.1) is 0 Å². The SMILES string of the molecule is COCC(C)NC(=O)c1cc2cc(OC)cc(OC)c2[nH]1. The zero-order chi connectivity index (χ0) is 15.4. The normalized spacial score (nSPS) is 12.2. The van der Waals surface area contributed by atoms with Crippen LogP contribution in [0.25, 0.3) is 10.9 Å². The van der Waals surface area contributed by atoms with E-state index in [1.807, 2.05) is 13.0 Å². The van der Waals surface area contributed by atoms with Gasteiger partial charge >= 0.3 is 0 Å². The lowest BCUT2D eigenvalue weighted by molar-refractivity contribution is 0.0901. The minimum absolute atomic E-state index is 0.0645. The largest absolute Gasteiger partial charge is 0.497 e. The second-order valence-electron chi connectivity index (χ2n) is 4.81. The van der Waals surface area contributed by atoms with E-state index in [4.69, 9.17) is 14.2 Å². The van der Waals surface area contributed by atoms with Crippen LogP contribution in [-0.4, -0.2) is 44.9 Å². The van der Waals surface area contributed by atoms with Gasteiger partial charge in [0, 0.05) is 24.6 Å². The number of rotatable bonds is 6. The Hall–Kier alpha value is -2.21. The Morgan fingerprint density at radius 1 is 1.24 bits per heavy atom. The van der Waals surface area contributed by atoms with Crippen molar-refractivity contribution in [2.75, 3.05) is 27.9 Å². The van der Waals surface area contributed by atoms with Gasteiger partial charge < -0.3 is 24.5 Å². The zero-order valence-corrected chi connectivity index (χ0v) is 12.6. The van der Waals surface area contributed by atoms with Gasteiger partial charge in [0.15, 0.2) is 0 Å². The Kier molecular flexibility index (Phi) is 4.70. The molecule has 1 heterocycles. The van der Waals surface area contributed by atoms with E-state index < -0.39 is 0 Å². The highest BCUT2D eigenvalue weighted by Crippen LogP contribution is 2.31. The molecule has 1 atom stereocenters. The predicted octanol–water partition coefficient (Wildman–Crippen LogP) is 1.95. The fourth-order valence-corrected chi connectivity index (χ4v) is 2.18. The number of aromatic amines is 1. The number of nitrogens with one attached hydrogen (secondary N) is 2. The molecule has 0 saturated carbocycles. The van der Waals surface area contributed by atoms with Crippen molar-refractivity contribution < 1.29 is 19.0 Å². The van der Waals surface area contributed by atoms with Crippen molar-refractivity contribution in [1.82, 2.24) is 10.3 Å². The number of hydrogen-bond donors (Lipinski definition) is 2. The molecular weight excluding hydrogens is 272 g/mol. The van der Waals surface area contributed by atoms with Crippen molar-refractivity contribution in [3.63, 3.8) is 0 Å². The number of H-pyrrole nitrogens is 1. The predicted molar refractivity (Wildman–Crippen MR) is 80.2 cm³/mol. The summed E-state index contributed by atoms with van der Waals surface area (Å²) >= 11 is 0. The molecule has 0 aliphatic heterocycles. The molecule has 0 aliphatic carbocycles. The minimum Gasteiger partial charge on any atom is -0.497 e. The van der Waals surface area contributed by atoms with Gasteiger partial charge in [-0.3, -0.25) is 4.79 Å². The van der Waals surface area contributed by atoms with Crippen LogP contribution in [0.15, 0.2) is 18.2 Å². The Morgan fingerprint density at radius 3 is 2.62 bits per heavy atom. The van der Waals surface area contributed by atoms with Crippen LogP contribution in [0.3, 0.4) is 0 Å². The van der Waals surface area contributed by atoms with E-state index in [-0.39, 0.29) is 11.9 Å². The van der Waals surface area contributed by atoms with Crippen LogP contribution in [0.1, 0.15) is 17.4 Å². The molecule has 6 nitrogen and oxygen atoms in total. The molecule has 1 unspecified atom stereocenters. The lowest BCUT2D eigenvalue weighted by Gasteiger charge is -2.11. The van der Waals surface area contributed by atoms with Crippen LogP contribution >= 0.6 is 0 Å². The summed E-state index contributed by atoms with van der Waals surface area (Å²) in [5, 5.41) is 3.71. The zero-order valence-electron chi connectivity index (χ0n) is 12.6. The lowest BCUT2D eigenvalue weighted by Crippen LogP contribution is -2.35. The number of aromatic nitrogens is 1. The number of benzene rings is 1. The highest BCUT2D eigenvalue weighted by molar-refractivity contribution is 6.00. The summed E-state index contributed by atoms with van der Waals surface area (Å²) in [5.74, 6) is 1.13. The molecule has 2 rings (SSSR count). The maximum atomic E-state index is 12.2.